The number of carbonyl (C=O) groups is 2. The van der Waals surface area contributed by atoms with Crippen LogP contribution >= 0.6 is 0 Å². The largest absolute Gasteiger partial charge is 0.459 e. The van der Waals surface area contributed by atoms with E-state index in [0.717, 1.165) is 19.4 Å². The Morgan fingerprint density at radius 3 is 2.82 bits per heavy atom. The van der Waals surface area contributed by atoms with Crippen LogP contribution in [0.4, 0.5) is 0 Å². The number of ether oxygens (including phenoxy) is 3. The fourth-order valence-electron chi connectivity index (χ4n) is 5.57. The number of carbonyl (C=O) groups excluding carboxylic acids is 2. The molecule has 2 heterocycles. The van der Waals surface area contributed by atoms with E-state index in [0.29, 0.717) is 45.6 Å². The van der Waals surface area contributed by atoms with Gasteiger partial charge >= 0.3 is 0 Å². The van der Waals surface area contributed by atoms with E-state index in [-0.39, 0.29) is 36.7 Å². The minimum atomic E-state index is -0.592. The Hall–Kier alpha value is -3.20. The molecule has 0 radical (unpaired) electrons. The van der Waals surface area contributed by atoms with Crippen LogP contribution in [0.5, 0.6) is 0 Å². The highest BCUT2D eigenvalue weighted by Crippen LogP contribution is 2.42. The number of hydrogen-bond donors (Lipinski definition) is 2. The number of allylic oxidation sites excluding steroid dienone is 1. The molecule has 2 aromatic rings. The minimum absolute atomic E-state index is 0.0392. The number of benzene rings is 2. The molecule has 0 bridgehead atoms. The zero-order valence-corrected chi connectivity index (χ0v) is 21.7. The number of aliphatic hydroxyl groups excluding tert-OH is 1. The third-order valence-corrected chi connectivity index (χ3v) is 7.40. The maximum atomic E-state index is 13.1. The van der Waals surface area contributed by atoms with Crippen LogP contribution in [0.1, 0.15) is 48.3 Å². The first kappa shape index (κ1) is 26.4. The number of nitrogens with zero attached hydrogens (tertiary/aromatic N) is 1. The predicted octanol–water partition coefficient (Wildman–Crippen LogP) is 3.13. The summed E-state index contributed by atoms with van der Waals surface area (Å²) in [6, 6.07) is 14.9. The minimum Gasteiger partial charge on any atom is -0.459 e. The van der Waals surface area contributed by atoms with E-state index in [1.807, 2.05) is 11.0 Å². The van der Waals surface area contributed by atoms with Crippen LogP contribution in [0, 0.1) is 0 Å². The van der Waals surface area contributed by atoms with Crippen molar-refractivity contribution >= 4 is 11.8 Å². The van der Waals surface area contributed by atoms with Gasteiger partial charge < -0.3 is 29.5 Å². The fourth-order valence-corrected chi connectivity index (χ4v) is 5.57. The summed E-state index contributed by atoms with van der Waals surface area (Å²) in [4.78, 5) is 26.8. The van der Waals surface area contributed by atoms with E-state index in [4.69, 9.17) is 19.3 Å². The molecular weight excluding hydrogens is 484 g/mol. The van der Waals surface area contributed by atoms with Crippen LogP contribution in [-0.4, -0.2) is 74.2 Å². The molecule has 0 spiro atoms. The highest BCUT2D eigenvalue weighted by molar-refractivity contribution is 5.91. The van der Waals surface area contributed by atoms with Crippen molar-refractivity contribution in [1.82, 2.24) is 10.2 Å². The lowest BCUT2D eigenvalue weighted by Gasteiger charge is -2.30. The fraction of sp³-hybridized carbons (Fsp3) is 0.467. The van der Waals surface area contributed by atoms with E-state index in [9.17, 15) is 9.59 Å². The van der Waals surface area contributed by atoms with Crippen molar-refractivity contribution in [3.05, 3.63) is 71.0 Å². The van der Waals surface area contributed by atoms with E-state index < -0.39 is 6.29 Å². The Morgan fingerprint density at radius 2 is 1.97 bits per heavy atom. The second-order valence-corrected chi connectivity index (χ2v) is 9.93. The number of amides is 2. The predicted molar refractivity (Wildman–Crippen MR) is 142 cm³/mol. The number of likely N-dealkylation sites (tertiary alicyclic amines) is 1. The molecule has 2 N–H and O–H groups in total. The van der Waals surface area contributed by atoms with Crippen molar-refractivity contribution in [3.63, 3.8) is 0 Å². The SMILES string of the molecule is O=C(NCCCN1CCCC1=O)C1=C[C@@H](c2cccc3c2Cc2ccccc2-3)C[C@@H](OCCOCCO)O1. The molecule has 1 aliphatic carbocycles. The van der Waals surface area contributed by atoms with Gasteiger partial charge in [-0.3, -0.25) is 9.59 Å². The van der Waals surface area contributed by atoms with Gasteiger partial charge in [0.15, 0.2) is 5.76 Å². The van der Waals surface area contributed by atoms with Crippen molar-refractivity contribution in [2.24, 2.45) is 0 Å². The summed E-state index contributed by atoms with van der Waals surface area (Å²) in [5.74, 6) is 0.133. The van der Waals surface area contributed by atoms with Crippen LogP contribution in [0.25, 0.3) is 11.1 Å². The summed E-state index contributed by atoms with van der Waals surface area (Å²) >= 11 is 0. The third-order valence-electron chi connectivity index (χ3n) is 7.40. The van der Waals surface area contributed by atoms with Crippen molar-refractivity contribution in [1.29, 1.82) is 0 Å². The van der Waals surface area contributed by atoms with E-state index in [2.05, 4.69) is 47.8 Å². The highest BCUT2D eigenvalue weighted by atomic mass is 16.7. The van der Waals surface area contributed by atoms with Gasteiger partial charge in [0.25, 0.3) is 5.91 Å². The molecule has 8 nitrogen and oxygen atoms in total. The molecule has 8 heteroatoms. The zero-order chi connectivity index (χ0) is 26.3. The Morgan fingerprint density at radius 1 is 1.11 bits per heavy atom. The van der Waals surface area contributed by atoms with Crippen LogP contribution in [0.15, 0.2) is 54.3 Å². The standard InChI is InChI=1S/C30H36N2O6/c33-14-15-36-16-17-37-29-20-22(24-8-3-9-25-23-7-2-1-6-21(23)18-26(24)25)19-27(38-29)30(35)31-11-5-13-32-12-4-10-28(32)34/h1-3,6-9,19,22,29,33H,4-5,10-18,20H2,(H,31,35)/t22-,29+/m1/s1. The normalized spacial score (nSPS) is 20.1. The topological polar surface area (TPSA) is 97.3 Å². The molecule has 2 amide bonds. The van der Waals surface area contributed by atoms with E-state index in [1.165, 1.54) is 27.8 Å². The molecule has 2 aliphatic heterocycles. The molecule has 3 aliphatic rings. The molecule has 1 fully saturated rings. The molecule has 0 aromatic heterocycles. The molecule has 38 heavy (non-hydrogen) atoms. The van der Waals surface area contributed by atoms with Crippen LogP contribution in [0.2, 0.25) is 0 Å². The lowest BCUT2D eigenvalue weighted by atomic mass is 9.87. The van der Waals surface area contributed by atoms with Gasteiger partial charge in [-0.05, 0) is 53.2 Å². The van der Waals surface area contributed by atoms with Crippen LogP contribution in [0.3, 0.4) is 0 Å². The molecule has 0 unspecified atom stereocenters. The molecular formula is C30H36N2O6. The van der Waals surface area contributed by atoms with Gasteiger partial charge in [-0.25, -0.2) is 0 Å². The van der Waals surface area contributed by atoms with E-state index >= 15 is 0 Å². The lowest BCUT2D eigenvalue weighted by molar-refractivity contribution is -0.151. The summed E-state index contributed by atoms with van der Waals surface area (Å²) in [5, 5.41) is 11.9. The second kappa shape index (κ2) is 12.6. The van der Waals surface area contributed by atoms with Crippen LogP contribution < -0.4 is 5.32 Å². The second-order valence-electron chi connectivity index (χ2n) is 9.93. The maximum Gasteiger partial charge on any atom is 0.286 e. The van der Waals surface area contributed by atoms with Gasteiger partial charge in [0.05, 0.1) is 26.4 Å². The Bertz CT molecular complexity index is 1180. The number of hydrogen-bond acceptors (Lipinski definition) is 6. The van der Waals surface area contributed by atoms with Gasteiger partial charge in [-0.15, -0.1) is 0 Å². The van der Waals surface area contributed by atoms with Crippen molar-refractivity contribution in [3.8, 4) is 11.1 Å². The van der Waals surface area contributed by atoms with Gasteiger partial charge in [0.2, 0.25) is 12.2 Å². The number of fused-ring (bicyclic) bond motifs is 3. The van der Waals surface area contributed by atoms with Gasteiger partial charge in [-0.2, -0.15) is 0 Å². The molecule has 202 valence electrons. The summed E-state index contributed by atoms with van der Waals surface area (Å²) in [6.07, 6.45) is 5.00. The molecule has 2 atom stereocenters. The van der Waals surface area contributed by atoms with Gasteiger partial charge in [0, 0.05) is 38.4 Å². The van der Waals surface area contributed by atoms with Crippen molar-refractivity contribution in [2.45, 2.75) is 44.3 Å². The summed E-state index contributed by atoms with van der Waals surface area (Å²) in [7, 11) is 0. The summed E-state index contributed by atoms with van der Waals surface area (Å²) < 4.78 is 17.3. The maximum absolute atomic E-state index is 13.1. The first-order chi connectivity index (χ1) is 18.6. The van der Waals surface area contributed by atoms with Crippen LogP contribution in [-0.2, 0) is 30.2 Å². The molecule has 0 saturated carbocycles. The first-order valence-electron chi connectivity index (χ1n) is 13.6. The molecule has 1 saturated heterocycles. The highest BCUT2D eigenvalue weighted by Gasteiger charge is 2.32. The molecule has 2 aromatic carbocycles. The summed E-state index contributed by atoms with van der Waals surface area (Å²) in [5.41, 5.74) is 6.30. The average Bonchev–Trinajstić information content (AvgIpc) is 3.53. The molecule has 5 rings (SSSR count). The zero-order valence-electron chi connectivity index (χ0n) is 21.7. The number of aliphatic hydroxyl groups is 1. The van der Waals surface area contributed by atoms with Crippen molar-refractivity contribution in [2.75, 3.05) is 46.1 Å². The quantitative estimate of drug-likeness (QED) is 0.356. The lowest BCUT2D eigenvalue weighted by Crippen LogP contribution is -2.35. The van der Waals surface area contributed by atoms with Gasteiger partial charge in [0.1, 0.15) is 0 Å². The smallest absolute Gasteiger partial charge is 0.286 e. The monoisotopic (exact) mass is 520 g/mol. The Kier molecular flexibility index (Phi) is 8.73. The Labute approximate surface area is 223 Å². The number of rotatable bonds is 12. The third kappa shape index (κ3) is 6.09. The number of nitrogens with one attached hydrogen (secondary N) is 1. The Balaban J connectivity index is 1.28. The average molecular weight is 521 g/mol. The van der Waals surface area contributed by atoms with Crippen molar-refractivity contribution < 1.29 is 28.9 Å². The first-order valence-corrected chi connectivity index (χ1v) is 13.6. The van der Waals surface area contributed by atoms with Gasteiger partial charge in [-0.1, -0.05) is 42.5 Å². The van der Waals surface area contributed by atoms with E-state index in [1.54, 1.807) is 0 Å². The summed E-state index contributed by atoms with van der Waals surface area (Å²) in [6.45, 7) is 2.76.